The highest BCUT2D eigenvalue weighted by atomic mass is 19.3. The quantitative estimate of drug-likeness (QED) is 0.461. The summed E-state index contributed by atoms with van der Waals surface area (Å²) in [5.41, 5.74) is 0.932. The number of carbonyl (C=O) groups excluding carboxylic acids is 1. The van der Waals surface area contributed by atoms with Gasteiger partial charge in [-0.25, -0.2) is 8.78 Å². The molecule has 1 aliphatic carbocycles. The molecular formula is C29H41F2N5O2. The van der Waals surface area contributed by atoms with E-state index < -0.39 is 5.92 Å². The van der Waals surface area contributed by atoms with E-state index in [0.717, 1.165) is 43.0 Å². The van der Waals surface area contributed by atoms with Crippen molar-refractivity contribution in [3.63, 3.8) is 0 Å². The molecule has 2 aliphatic heterocycles. The maximum Gasteiger partial charge on any atom is 0.248 e. The number of nitrogens with one attached hydrogen (secondary N) is 1. The number of aromatic nitrogens is 3. The molecule has 0 unspecified atom stereocenters. The normalized spacial score (nSPS) is 26.5. The molecule has 1 saturated carbocycles. The van der Waals surface area contributed by atoms with Crippen molar-refractivity contribution in [3.05, 3.63) is 41.5 Å². The van der Waals surface area contributed by atoms with Crippen molar-refractivity contribution in [3.8, 4) is 5.75 Å². The van der Waals surface area contributed by atoms with E-state index in [0.29, 0.717) is 24.0 Å². The Hall–Kier alpha value is -2.55. The summed E-state index contributed by atoms with van der Waals surface area (Å²) in [7, 11) is 0. The van der Waals surface area contributed by atoms with Crippen LogP contribution in [0.5, 0.6) is 5.75 Å². The number of aromatic hydroxyl groups is 1. The molecule has 1 aromatic heterocycles. The number of carbonyl (C=O) groups is 1. The summed E-state index contributed by atoms with van der Waals surface area (Å²) in [4.78, 5) is 15.7. The van der Waals surface area contributed by atoms with E-state index in [1.54, 1.807) is 12.1 Å². The van der Waals surface area contributed by atoms with E-state index in [9.17, 15) is 18.7 Å². The highest BCUT2D eigenvalue weighted by Crippen LogP contribution is 2.42. The highest BCUT2D eigenvalue weighted by molar-refractivity contribution is 5.79. The van der Waals surface area contributed by atoms with E-state index in [1.807, 2.05) is 19.1 Å². The van der Waals surface area contributed by atoms with Crippen molar-refractivity contribution in [2.75, 3.05) is 6.54 Å². The number of halogens is 2. The molecule has 0 spiro atoms. The van der Waals surface area contributed by atoms with Gasteiger partial charge in [0.2, 0.25) is 11.8 Å². The van der Waals surface area contributed by atoms with Crippen LogP contribution in [0.3, 0.4) is 0 Å². The van der Waals surface area contributed by atoms with Gasteiger partial charge in [0.05, 0.1) is 6.04 Å². The SMILES string of the molecule is Cc1nnc(C(C)C)n1C1C[C@@H]2CC[C@@H](C1)N2CC[C@H](NC(=O)C1CCC(F)(F)CC1)c1ccc(O)cc1. The second-order valence-corrected chi connectivity index (χ2v) is 11.9. The van der Waals surface area contributed by atoms with Crippen LogP contribution in [-0.4, -0.2) is 55.2 Å². The zero-order chi connectivity index (χ0) is 27.0. The largest absolute Gasteiger partial charge is 0.508 e. The van der Waals surface area contributed by atoms with Crippen LogP contribution < -0.4 is 5.32 Å². The van der Waals surface area contributed by atoms with Crippen LogP contribution in [0.2, 0.25) is 0 Å². The summed E-state index contributed by atoms with van der Waals surface area (Å²) in [6.07, 6.45) is 5.22. The zero-order valence-electron chi connectivity index (χ0n) is 22.7. The van der Waals surface area contributed by atoms with Gasteiger partial charge in [0.1, 0.15) is 17.4 Å². The van der Waals surface area contributed by atoms with Crippen LogP contribution in [0.25, 0.3) is 0 Å². The lowest BCUT2D eigenvalue weighted by Gasteiger charge is -2.40. The molecule has 3 fully saturated rings. The molecule has 3 atom stereocenters. The molecule has 0 radical (unpaired) electrons. The van der Waals surface area contributed by atoms with Crippen molar-refractivity contribution < 1.29 is 18.7 Å². The molecule has 208 valence electrons. The third-order valence-corrected chi connectivity index (χ3v) is 9.01. The van der Waals surface area contributed by atoms with Crippen LogP contribution in [0.4, 0.5) is 8.78 Å². The fourth-order valence-corrected chi connectivity index (χ4v) is 6.95. The minimum atomic E-state index is -2.65. The molecule has 2 aromatic rings. The van der Waals surface area contributed by atoms with Crippen LogP contribution in [-0.2, 0) is 4.79 Å². The summed E-state index contributed by atoms with van der Waals surface area (Å²) in [6, 6.07) is 8.12. The molecule has 5 rings (SSSR count). The first-order valence-corrected chi connectivity index (χ1v) is 14.3. The fourth-order valence-electron chi connectivity index (χ4n) is 6.95. The lowest BCUT2D eigenvalue weighted by molar-refractivity contribution is -0.130. The molecule has 38 heavy (non-hydrogen) atoms. The zero-order valence-corrected chi connectivity index (χ0v) is 22.7. The lowest BCUT2D eigenvalue weighted by Crippen LogP contribution is -2.45. The Morgan fingerprint density at radius 2 is 1.68 bits per heavy atom. The highest BCUT2D eigenvalue weighted by Gasteiger charge is 2.42. The second-order valence-electron chi connectivity index (χ2n) is 11.9. The average molecular weight is 530 g/mol. The van der Waals surface area contributed by atoms with Gasteiger partial charge in [-0.1, -0.05) is 26.0 Å². The molecule has 1 amide bonds. The number of rotatable bonds is 8. The van der Waals surface area contributed by atoms with Crippen LogP contribution in [0.1, 0.15) is 107 Å². The van der Waals surface area contributed by atoms with E-state index >= 15 is 0 Å². The molecule has 3 heterocycles. The van der Waals surface area contributed by atoms with E-state index in [2.05, 4.69) is 38.8 Å². The summed E-state index contributed by atoms with van der Waals surface area (Å²) >= 11 is 0. The number of nitrogens with zero attached hydrogens (tertiary/aromatic N) is 4. The molecular weight excluding hydrogens is 488 g/mol. The first kappa shape index (κ1) is 27.0. The van der Waals surface area contributed by atoms with Crippen LogP contribution in [0, 0.1) is 12.8 Å². The lowest BCUT2D eigenvalue weighted by atomic mass is 9.86. The molecule has 1 aromatic carbocycles. The van der Waals surface area contributed by atoms with E-state index in [4.69, 9.17) is 0 Å². The number of amides is 1. The summed E-state index contributed by atoms with van der Waals surface area (Å²) in [5.74, 6) is -0.596. The monoisotopic (exact) mass is 529 g/mol. The molecule has 9 heteroatoms. The number of hydrogen-bond donors (Lipinski definition) is 2. The maximum atomic E-state index is 13.6. The Labute approximate surface area is 224 Å². The summed E-state index contributed by atoms with van der Waals surface area (Å²) < 4.78 is 29.6. The predicted octanol–water partition coefficient (Wildman–Crippen LogP) is 5.66. The van der Waals surface area contributed by atoms with Crippen molar-refractivity contribution >= 4 is 5.91 Å². The van der Waals surface area contributed by atoms with Gasteiger partial charge in [-0.3, -0.25) is 9.69 Å². The summed E-state index contributed by atoms with van der Waals surface area (Å²) in [6.45, 7) is 7.24. The van der Waals surface area contributed by atoms with Gasteiger partial charge in [-0.2, -0.15) is 0 Å². The molecule has 3 aliphatic rings. The second kappa shape index (κ2) is 10.9. The standard InChI is InChI=1S/C29H41F2N5O2/c1-18(2)27-34-33-19(3)36(27)24-16-22-6-7-23(17-24)35(22)15-12-26(20-4-8-25(37)9-5-20)32-28(38)21-10-13-29(30,31)14-11-21/h4-5,8-9,18,21-24,26,37H,6-7,10-17H2,1-3H3,(H,32,38)/t22-,23-,26-/m0/s1. The Kier molecular flexibility index (Phi) is 7.76. The van der Waals surface area contributed by atoms with Crippen molar-refractivity contribution in [1.82, 2.24) is 25.0 Å². The van der Waals surface area contributed by atoms with Gasteiger partial charge in [0.15, 0.2) is 0 Å². The number of fused-ring (bicyclic) bond motifs is 2. The number of phenolic OH excluding ortho intramolecular Hbond substituents is 1. The first-order valence-electron chi connectivity index (χ1n) is 14.3. The van der Waals surface area contributed by atoms with Gasteiger partial charge in [0.25, 0.3) is 0 Å². The fraction of sp³-hybridized carbons (Fsp3) is 0.690. The average Bonchev–Trinajstić information content (AvgIpc) is 3.37. The van der Waals surface area contributed by atoms with Crippen molar-refractivity contribution in [1.29, 1.82) is 0 Å². The van der Waals surface area contributed by atoms with Gasteiger partial charge >= 0.3 is 0 Å². The number of hydrogen-bond acceptors (Lipinski definition) is 5. The van der Waals surface area contributed by atoms with E-state index in [-0.39, 0.29) is 49.3 Å². The summed E-state index contributed by atoms with van der Waals surface area (Å²) in [5, 5.41) is 21.8. The predicted molar refractivity (Wildman–Crippen MR) is 141 cm³/mol. The molecule has 7 nitrogen and oxygen atoms in total. The van der Waals surface area contributed by atoms with Crippen LogP contribution in [0.15, 0.2) is 24.3 Å². The Morgan fingerprint density at radius 3 is 2.29 bits per heavy atom. The van der Waals surface area contributed by atoms with Gasteiger partial charge in [0, 0.05) is 49.3 Å². The third kappa shape index (κ3) is 5.72. The van der Waals surface area contributed by atoms with Crippen molar-refractivity contribution in [2.24, 2.45) is 5.92 Å². The third-order valence-electron chi connectivity index (χ3n) is 9.01. The van der Waals surface area contributed by atoms with Crippen LogP contribution >= 0.6 is 0 Å². The Balaban J connectivity index is 1.25. The Morgan fingerprint density at radius 1 is 1.05 bits per heavy atom. The minimum Gasteiger partial charge on any atom is -0.508 e. The number of piperidine rings is 1. The first-order chi connectivity index (χ1) is 18.1. The van der Waals surface area contributed by atoms with E-state index in [1.165, 1.54) is 12.8 Å². The Bertz CT molecular complexity index is 1090. The number of phenols is 1. The molecule has 2 bridgehead atoms. The van der Waals surface area contributed by atoms with Crippen molar-refractivity contribution in [2.45, 2.75) is 115 Å². The van der Waals surface area contributed by atoms with Gasteiger partial charge < -0.3 is 15.0 Å². The maximum absolute atomic E-state index is 13.6. The number of alkyl halides is 2. The minimum absolute atomic E-state index is 0.135. The smallest absolute Gasteiger partial charge is 0.248 e. The molecule has 2 N–H and O–H groups in total. The molecule has 2 saturated heterocycles. The van der Waals surface area contributed by atoms with Gasteiger partial charge in [-0.05, 0) is 69.6 Å². The van der Waals surface area contributed by atoms with Gasteiger partial charge in [-0.15, -0.1) is 10.2 Å². The number of aryl methyl sites for hydroxylation is 1. The topological polar surface area (TPSA) is 83.3 Å². The number of benzene rings is 1.